The van der Waals surface area contributed by atoms with Crippen LogP contribution in [0.2, 0.25) is 0 Å². The lowest BCUT2D eigenvalue weighted by atomic mass is 10.0. The fourth-order valence-corrected chi connectivity index (χ4v) is 1.75. The van der Waals surface area contributed by atoms with E-state index in [1.54, 1.807) is 0 Å². The van der Waals surface area contributed by atoms with E-state index in [0.717, 1.165) is 16.5 Å². The number of hydrogen-bond donors (Lipinski definition) is 1. The average Bonchev–Trinajstić information content (AvgIpc) is 2.26. The Hall–Kier alpha value is -1.54. The van der Waals surface area contributed by atoms with Crippen molar-refractivity contribution in [3.8, 4) is 0 Å². The van der Waals surface area contributed by atoms with Gasteiger partial charge in [-0.15, -0.1) is 0 Å². The lowest BCUT2D eigenvalue weighted by Crippen LogP contribution is -2.38. The van der Waals surface area contributed by atoms with Crippen molar-refractivity contribution in [2.75, 3.05) is 5.06 Å². The molecule has 2 aromatic rings. The molecule has 0 aliphatic carbocycles. The third-order valence-electron chi connectivity index (χ3n) is 2.63. The summed E-state index contributed by atoms with van der Waals surface area (Å²) in [6.07, 6.45) is 0. The van der Waals surface area contributed by atoms with Gasteiger partial charge in [-0.3, -0.25) is 10.3 Å². The first-order valence-corrected chi connectivity index (χ1v) is 5.47. The summed E-state index contributed by atoms with van der Waals surface area (Å²) in [5.74, 6) is 0. The monoisotopic (exact) mass is 215 g/mol. The highest BCUT2D eigenvalue weighted by molar-refractivity contribution is 5.94. The molecule has 0 bridgehead atoms. The Balaban J connectivity index is 2.61. The molecule has 2 nitrogen and oxygen atoms in total. The number of hydrogen-bond acceptors (Lipinski definition) is 2. The van der Waals surface area contributed by atoms with E-state index in [-0.39, 0.29) is 5.54 Å². The Morgan fingerprint density at radius 3 is 2.25 bits per heavy atom. The van der Waals surface area contributed by atoms with Crippen molar-refractivity contribution in [2.24, 2.45) is 0 Å². The molecule has 0 radical (unpaired) electrons. The van der Waals surface area contributed by atoms with Crippen molar-refractivity contribution >= 4 is 16.5 Å². The number of benzene rings is 2. The maximum atomic E-state index is 10.2. The van der Waals surface area contributed by atoms with Gasteiger partial charge >= 0.3 is 0 Å². The van der Waals surface area contributed by atoms with Crippen LogP contribution in [0.25, 0.3) is 10.8 Å². The molecule has 2 heteroatoms. The molecule has 2 aromatic carbocycles. The molecule has 0 amide bonds. The number of nitrogens with zero attached hydrogens (tertiary/aromatic N) is 1. The first-order chi connectivity index (χ1) is 7.50. The van der Waals surface area contributed by atoms with Crippen LogP contribution in [-0.4, -0.2) is 10.7 Å². The molecule has 0 fully saturated rings. The van der Waals surface area contributed by atoms with Crippen LogP contribution in [0.4, 0.5) is 5.69 Å². The van der Waals surface area contributed by atoms with Crippen molar-refractivity contribution < 1.29 is 5.21 Å². The van der Waals surface area contributed by atoms with E-state index in [1.807, 2.05) is 51.1 Å². The molecular weight excluding hydrogens is 198 g/mol. The Morgan fingerprint density at radius 2 is 1.56 bits per heavy atom. The summed E-state index contributed by atoms with van der Waals surface area (Å²) in [6, 6.07) is 14.0. The van der Waals surface area contributed by atoms with Gasteiger partial charge in [-0.25, -0.2) is 0 Å². The fourth-order valence-electron chi connectivity index (χ4n) is 1.75. The lowest BCUT2D eigenvalue weighted by Gasteiger charge is -2.32. The minimum absolute atomic E-state index is 0.301. The van der Waals surface area contributed by atoms with Crippen molar-refractivity contribution in [3.05, 3.63) is 42.5 Å². The van der Waals surface area contributed by atoms with Gasteiger partial charge in [0.05, 0.1) is 11.2 Å². The summed E-state index contributed by atoms with van der Waals surface area (Å²) >= 11 is 0. The van der Waals surface area contributed by atoms with Gasteiger partial charge in [0.1, 0.15) is 0 Å². The van der Waals surface area contributed by atoms with Crippen LogP contribution in [0, 0.1) is 0 Å². The van der Waals surface area contributed by atoms with E-state index in [9.17, 15) is 5.21 Å². The van der Waals surface area contributed by atoms with Crippen LogP contribution < -0.4 is 5.06 Å². The second kappa shape index (κ2) is 3.80. The molecular formula is C14H17NO. The second-order valence-electron chi connectivity index (χ2n) is 4.98. The highest BCUT2D eigenvalue weighted by atomic mass is 16.5. The summed E-state index contributed by atoms with van der Waals surface area (Å²) in [4.78, 5) is 0. The van der Waals surface area contributed by atoms with Crippen molar-refractivity contribution in [1.82, 2.24) is 0 Å². The smallest absolute Gasteiger partial charge is 0.0718 e. The second-order valence-corrected chi connectivity index (χ2v) is 4.98. The normalized spacial score (nSPS) is 11.8. The molecule has 2 rings (SSSR count). The predicted octanol–water partition coefficient (Wildman–Crippen LogP) is 3.83. The van der Waals surface area contributed by atoms with Gasteiger partial charge < -0.3 is 0 Å². The van der Waals surface area contributed by atoms with Gasteiger partial charge in [0.2, 0.25) is 0 Å². The standard InChI is InChI=1S/C14H17NO/c1-14(2,3)15(16)13-10-6-8-11-7-4-5-9-12(11)13/h4-10,16H,1-3H3. The van der Waals surface area contributed by atoms with E-state index < -0.39 is 0 Å². The van der Waals surface area contributed by atoms with E-state index in [4.69, 9.17) is 0 Å². The minimum atomic E-state index is -0.301. The molecule has 0 saturated carbocycles. The third-order valence-corrected chi connectivity index (χ3v) is 2.63. The van der Waals surface area contributed by atoms with E-state index in [1.165, 1.54) is 5.06 Å². The lowest BCUT2D eigenvalue weighted by molar-refractivity contribution is 0.182. The molecule has 0 aliphatic heterocycles. The van der Waals surface area contributed by atoms with E-state index >= 15 is 0 Å². The molecule has 84 valence electrons. The Bertz CT molecular complexity index is 494. The summed E-state index contributed by atoms with van der Waals surface area (Å²) < 4.78 is 0. The zero-order chi connectivity index (χ0) is 11.8. The van der Waals surface area contributed by atoms with Crippen LogP contribution in [0.15, 0.2) is 42.5 Å². The minimum Gasteiger partial charge on any atom is -0.288 e. The first kappa shape index (κ1) is 11.0. The van der Waals surface area contributed by atoms with E-state index in [2.05, 4.69) is 12.1 Å². The summed E-state index contributed by atoms with van der Waals surface area (Å²) in [6.45, 7) is 5.94. The molecule has 16 heavy (non-hydrogen) atoms. The molecule has 0 heterocycles. The zero-order valence-electron chi connectivity index (χ0n) is 9.94. The van der Waals surface area contributed by atoms with Gasteiger partial charge in [0, 0.05) is 5.39 Å². The van der Waals surface area contributed by atoms with Crippen molar-refractivity contribution in [2.45, 2.75) is 26.3 Å². The Kier molecular flexibility index (Phi) is 2.60. The Morgan fingerprint density at radius 1 is 0.938 bits per heavy atom. The average molecular weight is 215 g/mol. The van der Waals surface area contributed by atoms with Crippen molar-refractivity contribution in [3.63, 3.8) is 0 Å². The Labute approximate surface area is 96.1 Å². The van der Waals surface area contributed by atoms with Crippen LogP contribution >= 0.6 is 0 Å². The first-order valence-electron chi connectivity index (χ1n) is 5.47. The van der Waals surface area contributed by atoms with Gasteiger partial charge in [0.15, 0.2) is 0 Å². The summed E-state index contributed by atoms with van der Waals surface area (Å²) in [5, 5.41) is 13.7. The van der Waals surface area contributed by atoms with Crippen molar-refractivity contribution in [1.29, 1.82) is 0 Å². The number of hydroxylamine groups is 1. The maximum Gasteiger partial charge on any atom is 0.0718 e. The summed E-state index contributed by atoms with van der Waals surface area (Å²) in [7, 11) is 0. The molecule has 0 spiro atoms. The van der Waals surface area contributed by atoms with Crippen LogP contribution in [0.1, 0.15) is 20.8 Å². The maximum absolute atomic E-state index is 10.2. The van der Waals surface area contributed by atoms with Gasteiger partial charge in [-0.05, 0) is 32.2 Å². The van der Waals surface area contributed by atoms with Gasteiger partial charge in [-0.2, -0.15) is 0 Å². The third kappa shape index (κ3) is 1.89. The summed E-state index contributed by atoms with van der Waals surface area (Å²) in [5.41, 5.74) is 0.551. The quantitative estimate of drug-likeness (QED) is 0.731. The van der Waals surface area contributed by atoms with Gasteiger partial charge in [0.25, 0.3) is 0 Å². The van der Waals surface area contributed by atoms with Crippen LogP contribution in [0.3, 0.4) is 0 Å². The zero-order valence-corrected chi connectivity index (χ0v) is 9.94. The highest BCUT2D eigenvalue weighted by Crippen LogP contribution is 2.29. The van der Waals surface area contributed by atoms with Gasteiger partial charge in [-0.1, -0.05) is 36.4 Å². The van der Waals surface area contributed by atoms with Crippen LogP contribution in [0.5, 0.6) is 0 Å². The fraction of sp³-hybridized carbons (Fsp3) is 0.286. The topological polar surface area (TPSA) is 23.5 Å². The largest absolute Gasteiger partial charge is 0.288 e. The molecule has 0 aromatic heterocycles. The predicted molar refractivity (Wildman–Crippen MR) is 68.0 cm³/mol. The molecule has 0 atom stereocenters. The molecule has 0 unspecified atom stereocenters. The number of rotatable bonds is 1. The highest BCUT2D eigenvalue weighted by Gasteiger charge is 2.21. The number of anilines is 1. The molecule has 1 N–H and O–H groups in total. The van der Waals surface area contributed by atoms with Crippen LogP contribution in [-0.2, 0) is 0 Å². The van der Waals surface area contributed by atoms with E-state index in [0.29, 0.717) is 0 Å². The molecule has 0 aliphatic rings. The molecule has 0 saturated heterocycles. The SMILES string of the molecule is CC(C)(C)N(O)c1cccc2ccccc12. The number of fused-ring (bicyclic) bond motifs is 1.